The SMILES string of the molecule is C=Nc1[nH]ccc1C(=NC)N(C)CC[C@@H]1CCN1C(=O)OC/C=C/CC=C/C=C\C. The Hall–Kier alpha value is -3.09. The van der Waals surface area contributed by atoms with E-state index in [0.717, 1.165) is 43.8 Å². The maximum Gasteiger partial charge on any atom is 0.410 e. The third-order valence-electron chi connectivity index (χ3n) is 5.06. The number of rotatable bonds is 10. The Bertz CT molecular complexity index is 806. The summed E-state index contributed by atoms with van der Waals surface area (Å²) in [4.78, 5) is 27.7. The average Bonchev–Trinajstić information content (AvgIpc) is 3.18. The van der Waals surface area contributed by atoms with Gasteiger partial charge in [-0.1, -0.05) is 36.5 Å². The van der Waals surface area contributed by atoms with Gasteiger partial charge in [-0.3, -0.25) is 4.99 Å². The highest BCUT2D eigenvalue weighted by Gasteiger charge is 2.33. The van der Waals surface area contributed by atoms with Crippen LogP contribution in [0.3, 0.4) is 0 Å². The van der Waals surface area contributed by atoms with E-state index < -0.39 is 0 Å². The number of carbonyl (C=O) groups excluding carboxylic acids is 1. The number of ether oxygens (including phenoxy) is 1. The molecule has 0 spiro atoms. The number of aromatic amines is 1. The number of H-pyrrole nitrogens is 1. The van der Waals surface area contributed by atoms with E-state index in [1.807, 2.05) is 61.5 Å². The van der Waals surface area contributed by atoms with Gasteiger partial charge >= 0.3 is 6.09 Å². The van der Waals surface area contributed by atoms with Gasteiger partial charge in [0.05, 0.1) is 5.56 Å². The molecule has 0 bridgehead atoms. The van der Waals surface area contributed by atoms with E-state index in [1.54, 1.807) is 7.05 Å². The molecule has 30 heavy (non-hydrogen) atoms. The Morgan fingerprint density at radius 3 is 2.90 bits per heavy atom. The molecule has 2 rings (SSSR count). The molecule has 0 unspecified atom stereocenters. The molecule has 7 heteroatoms. The van der Waals surface area contributed by atoms with Crippen LogP contribution in [-0.4, -0.2) is 73.3 Å². The average molecular weight is 412 g/mol. The minimum absolute atomic E-state index is 0.203. The first-order valence-electron chi connectivity index (χ1n) is 10.3. The second-order valence-electron chi connectivity index (χ2n) is 7.03. The molecule has 2 heterocycles. The fourth-order valence-electron chi connectivity index (χ4n) is 3.31. The highest BCUT2D eigenvalue weighted by atomic mass is 16.6. The van der Waals surface area contributed by atoms with Gasteiger partial charge in [0, 0.05) is 39.4 Å². The number of nitrogens with one attached hydrogen (secondary N) is 1. The molecule has 1 N–H and O–H groups in total. The van der Waals surface area contributed by atoms with Crippen molar-refractivity contribution >= 4 is 24.5 Å². The largest absolute Gasteiger partial charge is 0.445 e. The summed E-state index contributed by atoms with van der Waals surface area (Å²) in [6, 6.07) is 2.15. The Labute approximate surface area is 179 Å². The summed E-state index contributed by atoms with van der Waals surface area (Å²) in [6.45, 7) is 7.41. The molecule has 1 saturated heterocycles. The molecular formula is C23H33N5O2. The van der Waals surface area contributed by atoms with Crippen molar-refractivity contribution < 1.29 is 9.53 Å². The molecule has 0 saturated carbocycles. The van der Waals surface area contributed by atoms with E-state index in [9.17, 15) is 4.79 Å². The summed E-state index contributed by atoms with van der Waals surface area (Å²) in [6.07, 6.45) is 16.2. The van der Waals surface area contributed by atoms with E-state index in [-0.39, 0.29) is 12.1 Å². The van der Waals surface area contributed by atoms with Gasteiger partial charge in [0.25, 0.3) is 0 Å². The molecule has 7 nitrogen and oxygen atoms in total. The van der Waals surface area contributed by atoms with Crippen LogP contribution in [0.5, 0.6) is 0 Å². The minimum atomic E-state index is -0.240. The molecule has 1 atom stereocenters. The zero-order chi connectivity index (χ0) is 21.8. The van der Waals surface area contributed by atoms with Gasteiger partial charge < -0.3 is 19.5 Å². The van der Waals surface area contributed by atoms with Gasteiger partial charge in [-0.25, -0.2) is 9.79 Å². The van der Waals surface area contributed by atoms with E-state index in [1.165, 1.54) is 0 Å². The Kier molecular flexibility index (Phi) is 9.64. The Morgan fingerprint density at radius 1 is 1.40 bits per heavy atom. The van der Waals surface area contributed by atoms with Crippen LogP contribution in [0.25, 0.3) is 0 Å². The zero-order valence-corrected chi connectivity index (χ0v) is 18.3. The lowest BCUT2D eigenvalue weighted by atomic mass is 10.00. The van der Waals surface area contributed by atoms with Crippen molar-refractivity contribution in [3.05, 3.63) is 54.3 Å². The molecular weight excluding hydrogens is 378 g/mol. The van der Waals surface area contributed by atoms with Crippen molar-refractivity contribution in [2.75, 3.05) is 33.8 Å². The molecule has 162 valence electrons. The van der Waals surface area contributed by atoms with Gasteiger partial charge in [0.1, 0.15) is 18.3 Å². The summed E-state index contributed by atoms with van der Waals surface area (Å²) in [5, 5.41) is 0. The lowest BCUT2D eigenvalue weighted by molar-refractivity contribution is 0.0495. The molecule has 1 aromatic rings. The predicted octanol–water partition coefficient (Wildman–Crippen LogP) is 4.33. The number of aliphatic imine (C=N–C) groups is 2. The molecule has 0 aliphatic carbocycles. The number of likely N-dealkylation sites (tertiary alicyclic amines) is 1. The quantitative estimate of drug-likeness (QED) is 0.269. The van der Waals surface area contributed by atoms with Gasteiger partial charge in [-0.15, -0.1) is 0 Å². The number of hydrogen-bond donors (Lipinski definition) is 1. The van der Waals surface area contributed by atoms with Gasteiger partial charge in [0.2, 0.25) is 0 Å². The molecule has 1 fully saturated rings. The van der Waals surface area contributed by atoms with E-state index >= 15 is 0 Å². The number of hydrogen-bond acceptors (Lipinski definition) is 4. The number of carbonyl (C=O) groups is 1. The zero-order valence-electron chi connectivity index (χ0n) is 18.3. The minimum Gasteiger partial charge on any atom is -0.445 e. The lowest BCUT2D eigenvalue weighted by Crippen LogP contribution is -2.52. The molecule has 0 aromatic carbocycles. The highest BCUT2D eigenvalue weighted by molar-refractivity contribution is 6.02. The first-order chi connectivity index (χ1) is 14.6. The number of nitrogens with zero attached hydrogens (tertiary/aromatic N) is 4. The first-order valence-corrected chi connectivity index (χ1v) is 10.3. The molecule has 0 radical (unpaired) electrons. The molecule has 1 aromatic heterocycles. The maximum atomic E-state index is 12.3. The van der Waals surface area contributed by atoms with E-state index in [0.29, 0.717) is 12.4 Å². The van der Waals surface area contributed by atoms with E-state index in [4.69, 9.17) is 4.74 Å². The van der Waals surface area contributed by atoms with Crippen LogP contribution in [0, 0.1) is 0 Å². The number of amidine groups is 1. The van der Waals surface area contributed by atoms with Crippen molar-refractivity contribution in [3.63, 3.8) is 0 Å². The van der Waals surface area contributed by atoms with Crippen molar-refractivity contribution in [2.24, 2.45) is 9.98 Å². The third kappa shape index (κ3) is 6.47. The van der Waals surface area contributed by atoms with Gasteiger partial charge in [0.15, 0.2) is 0 Å². The second-order valence-corrected chi connectivity index (χ2v) is 7.03. The lowest BCUT2D eigenvalue weighted by Gasteiger charge is -2.40. The van der Waals surface area contributed by atoms with Crippen LogP contribution >= 0.6 is 0 Å². The smallest absolute Gasteiger partial charge is 0.410 e. The topological polar surface area (TPSA) is 73.3 Å². The molecule has 1 amide bonds. The normalized spacial score (nSPS) is 17.1. The Balaban J connectivity index is 1.75. The van der Waals surface area contributed by atoms with Crippen molar-refractivity contribution in [1.82, 2.24) is 14.8 Å². The summed E-state index contributed by atoms with van der Waals surface area (Å²) in [7, 11) is 3.77. The summed E-state index contributed by atoms with van der Waals surface area (Å²) in [5.74, 6) is 1.56. The fourth-order valence-corrected chi connectivity index (χ4v) is 3.31. The van der Waals surface area contributed by atoms with Crippen LogP contribution in [-0.2, 0) is 4.74 Å². The monoisotopic (exact) mass is 411 g/mol. The number of allylic oxidation sites excluding steroid dienone is 5. The fraction of sp³-hybridized carbons (Fsp3) is 0.435. The number of amides is 1. The summed E-state index contributed by atoms with van der Waals surface area (Å²) >= 11 is 0. The second kappa shape index (κ2) is 12.5. The third-order valence-corrected chi connectivity index (χ3v) is 5.06. The molecule has 1 aliphatic rings. The van der Waals surface area contributed by atoms with Crippen molar-refractivity contribution in [2.45, 2.75) is 32.2 Å². The number of aromatic nitrogens is 1. The standard InChI is InChI=1S/C23H33N5O2/c1-5-6-7-8-9-10-11-18-30-23(29)28-17-14-19(28)13-16-27(4)22(25-3)20-12-15-26-21(20)24-2/h5-8,10-12,15,19,26H,2,9,13-14,16-18H2,1,3-4H3/b6-5-,8-7?,11-10+,25-22?/t19-/m1/s1. The van der Waals surface area contributed by atoms with Crippen molar-refractivity contribution in [1.29, 1.82) is 0 Å². The maximum absolute atomic E-state index is 12.3. The van der Waals surface area contributed by atoms with Crippen LogP contribution in [0.4, 0.5) is 10.6 Å². The first kappa shape index (κ1) is 23.2. The van der Waals surface area contributed by atoms with E-state index in [2.05, 4.69) is 32.7 Å². The summed E-state index contributed by atoms with van der Waals surface area (Å²) in [5.41, 5.74) is 0.923. The molecule has 1 aliphatic heterocycles. The Morgan fingerprint density at radius 2 is 2.23 bits per heavy atom. The highest BCUT2D eigenvalue weighted by Crippen LogP contribution is 2.23. The predicted molar refractivity (Wildman–Crippen MR) is 124 cm³/mol. The summed E-state index contributed by atoms with van der Waals surface area (Å²) < 4.78 is 5.37. The van der Waals surface area contributed by atoms with Crippen LogP contribution < -0.4 is 0 Å². The van der Waals surface area contributed by atoms with Crippen molar-refractivity contribution in [3.8, 4) is 0 Å². The van der Waals surface area contributed by atoms with Gasteiger partial charge in [-0.2, -0.15) is 0 Å². The van der Waals surface area contributed by atoms with Crippen LogP contribution in [0.2, 0.25) is 0 Å². The van der Waals surface area contributed by atoms with Crippen LogP contribution in [0.15, 0.2) is 58.7 Å². The van der Waals surface area contributed by atoms with Crippen LogP contribution in [0.1, 0.15) is 31.7 Å². The van der Waals surface area contributed by atoms with Gasteiger partial charge in [-0.05, 0) is 39.0 Å².